The van der Waals surface area contributed by atoms with E-state index in [2.05, 4.69) is 43.9 Å². The van der Waals surface area contributed by atoms with Gasteiger partial charge in [-0.3, -0.25) is 4.57 Å². The fourth-order valence-corrected chi connectivity index (χ4v) is 5.51. The minimum atomic E-state index is -1.27. The molecule has 0 spiro atoms. The van der Waals surface area contributed by atoms with Gasteiger partial charge in [0, 0.05) is 20.2 Å². The summed E-state index contributed by atoms with van der Waals surface area (Å²) in [6, 6.07) is 26.8. The number of hydrogen-bond acceptors (Lipinski definition) is 6. The van der Waals surface area contributed by atoms with E-state index in [0.29, 0.717) is 39.8 Å². The molecule has 0 saturated carbocycles. The van der Waals surface area contributed by atoms with E-state index in [4.69, 9.17) is 35.8 Å². The highest BCUT2D eigenvalue weighted by molar-refractivity contribution is 6.76. The summed E-state index contributed by atoms with van der Waals surface area (Å²) >= 11 is 6.82. The Morgan fingerprint density at radius 2 is 1.60 bits per heavy atom. The van der Waals surface area contributed by atoms with Crippen molar-refractivity contribution in [2.45, 2.75) is 39.3 Å². The third-order valence-corrected chi connectivity index (χ3v) is 8.96. The minimum absolute atomic E-state index is 0.217. The van der Waals surface area contributed by atoms with Crippen molar-refractivity contribution in [1.29, 1.82) is 0 Å². The SMILES string of the molecule is COC(=O)c1cc(Oc2nc3nc(-c4ccc(-c5ccccc5)cc4)c(Cl)cc3n2COCC[Si](C)(C)C)ccc1C. The molecule has 0 aliphatic rings. The lowest BCUT2D eigenvalue weighted by atomic mass is 10.0. The molecule has 216 valence electrons. The van der Waals surface area contributed by atoms with Crippen molar-refractivity contribution in [2.75, 3.05) is 13.7 Å². The van der Waals surface area contributed by atoms with Gasteiger partial charge in [0.2, 0.25) is 0 Å². The maximum atomic E-state index is 12.3. The highest BCUT2D eigenvalue weighted by Gasteiger charge is 2.20. The van der Waals surface area contributed by atoms with E-state index in [1.54, 1.807) is 12.1 Å². The van der Waals surface area contributed by atoms with Gasteiger partial charge in [-0.05, 0) is 47.9 Å². The van der Waals surface area contributed by atoms with Crippen molar-refractivity contribution >= 4 is 36.8 Å². The third-order valence-electron chi connectivity index (χ3n) is 6.97. The van der Waals surface area contributed by atoms with Crippen LogP contribution >= 0.6 is 11.6 Å². The number of fused-ring (bicyclic) bond motifs is 1. The van der Waals surface area contributed by atoms with Gasteiger partial charge in [0.25, 0.3) is 0 Å². The lowest BCUT2D eigenvalue weighted by Gasteiger charge is -2.16. The van der Waals surface area contributed by atoms with Crippen LogP contribution < -0.4 is 4.74 Å². The number of rotatable bonds is 10. The number of aryl methyl sites for hydroxylation is 1. The second-order valence-corrected chi connectivity index (χ2v) is 17.4. The second-order valence-electron chi connectivity index (χ2n) is 11.3. The Morgan fingerprint density at radius 3 is 2.29 bits per heavy atom. The summed E-state index contributed by atoms with van der Waals surface area (Å²) < 4.78 is 19.1. The molecule has 0 atom stereocenters. The molecule has 0 N–H and O–H groups in total. The van der Waals surface area contributed by atoms with Gasteiger partial charge >= 0.3 is 12.0 Å². The molecule has 5 rings (SSSR count). The van der Waals surface area contributed by atoms with Crippen molar-refractivity contribution in [1.82, 2.24) is 14.5 Å². The van der Waals surface area contributed by atoms with Gasteiger partial charge < -0.3 is 14.2 Å². The smallest absolute Gasteiger partial charge is 0.338 e. The number of carbonyl (C=O) groups excluding carboxylic acids is 1. The Labute approximate surface area is 252 Å². The number of imidazole rings is 1. The fraction of sp³-hybridized carbons (Fsp3) is 0.242. The zero-order valence-electron chi connectivity index (χ0n) is 24.5. The summed E-state index contributed by atoms with van der Waals surface area (Å²) in [5, 5.41) is 0.494. The molecule has 0 bridgehead atoms. The van der Waals surface area contributed by atoms with Crippen LogP contribution in [0.1, 0.15) is 15.9 Å². The van der Waals surface area contributed by atoms with E-state index >= 15 is 0 Å². The average Bonchev–Trinajstić information content (AvgIpc) is 3.30. The van der Waals surface area contributed by atoms with Gasteiger partial charge in [0.05, 0.1) is 28.9 Å². The summed E-state index contributed by atoms with van der Waals surface area (Å²) in [5.74, 6) is 0.0139. The van der Waals surface area contributed by atoms with Crippen LogP contribution in [0.15, 0.2) is 78.9 Å². The number of hydrogen-bond donors (Lipinski definition) is 0. The molecular formula is C33H34ClN3O4Si. The minimum Gasteiger partial charge on any atom is -0.465 e. The van der Waals surface area contributed by atoms with Crippen LogP contribution in [0.25, 0.3) is 33.5 Å². The van der Waals surface area contributed by atoms with Gasteiger partial charge in [0.15, 0.2) is 5.65 Å². The van der Waals surface area contributed by atoms with Gasteiger partial charge in [-0.25, -0.2) is 9.78 Å². The predicted molar refractivity (Wildman–Crippen MR) is 170 cm³/mol. The molecule has 0 unspecified atom stereocenters. The Kier molecular flexibility index (Phi) is 8.77. The van der Waals surface area contributed by atoms with Crippen molar-refractivity contribution in [3.8, 4) is 34.1 Å². The highest BCUT2D eigenvalue weighted by atomic mass is 35.5. The number of benzene rings is 3. The Hall–Kier alpha value is -3.98. The molecule has 0 aliphatic carbocycles. The van der Waals surface area contributed by atoms with Crippen LogP contribution in [-0.4, -0.2) is 42.3 Å². The largest absolute Gasteiger partial charge is 0.465 e. The zero-order valence-corrected chi connectivity index (χ0v) is 26.2. The summed E-state index contributed by atoms with van der Waals surface area (Å²) in [6.45, 7) is 9.62. The Bertz CT molecular complexity index is 1710. The Morgan fingerprint density at radius 1 is 0.905 bits per heavy atom. The number of pyridine rings is 1. The number of esters is 1. The van der Waals surface area contributed by atoms with Gasteiger partial charge in [-0.2, -0.15) is 4.98 Å². The maximum absolute atomic E-state index is 12.3. The average molecular weight is 600 g/mol. The zero-order chi connectivity index (χ0) is 29.9. The lowest BCUT2D eigenvalue weighted by molar-refractivity contribution is 0.0599. The van der Waals surface area contributed by atoms with Crippen LogP contribution in [0, 0.1) is 6.92 Å². The van der Waals surface area contributed by atoms with E-state index < -0.39 is 14.0 Å². The molecule has 0 amide bonds. The monoisotopic (exact) mass is 599 g/mol. The van der Waals surface area contributed by atoms with Crippen molar-refractivity contribution < 1.29 is 19.0 Å². The van der Waals surface area contributed by atoms with E-state index in [-0.39, 0.29) is 12.7 Å². The molecule has 7 nitrogen and oxygen atoms in total. The molecule has 3 aromatic carbocycles. The third kappa shape index (κ3) is 6.73. The number of halogens is 1. The number of carbonyl (C=O) groups is 1. The van der Waals surface area contributed by atoms with Crippen molar-refractivity contribution in [2.24, 2.45) is 0 Å². The molecule has 42 heavy (non-hydrogen) atoms. The fourth-order valence-electron chi connectivity index (χ4n) is 4.49. The van der Waals surface area contributed by atoms with Gasteiger partial charge in [-0.1, -0.05) is 91.9 Å². The maximum Gasteiger partial charge on any atom is 0.338 e. The molecule has 2 heterocycles. The lowest BCUT2D eigenvalue weighted by Crippen LogP contribution is -2.22. The quantitative estimate of drug-likeness (QED) is 0.0908. The first-order valence-corrected chi connectivity index (χ1v) is 17.9. The molecular weight excluding hydrogens is 566 g/mol. The summed E-state index contributed by atoms with van der Waals surface area (Å²) in [7, 11) is 0.0840. The van der Waals surface area contributed by atoms with E-state index in [1.165, 1.54) is 7.11 Å². The van der Waals surface area contributed by atoms with E-state index in [1.807, 2.05) is 54.0 Å². The number of nitrogens with zero attached hydrogens (tertiary/aromatic N) is 3. The molecule has 0 fully saturated rings. The normalized spacial score (nSPS) is 11.6. The van der Waals surface area contributed by atoms with Crippen LogP contribution in [-0.2, 0) is 16.2 Å². The molecule has 9 heteroatoms. The summed E-state index contributed by atoms with van der Waals surface area (Å²) in [5.41, 5.74) is 6.13. The molecule has 0 saturated heterocycles. The number of ether oxygens (including phenoxy) is 3. The van der Waals surface area contributed by atoms with E-state index in [0.717, 1.165) is 28.3 Å². The van der Waals surface area contributed by atoms with Crippen molar-refractivity contribution in [3.63, 3.8) is 0 Å². The van der Waals surface area contributed by atoms with Gasteiger partial charge in [-0.15, -0.1) is 0 Å². The molecule has 5 aromatic rings. The number of aromatic nitrogens is 3. The highest BCUT2D eigenvalue weighted by Crippen LogP contribution is 2.34. The Balaban J connectivity index is 1.51. The topological polar surface area (TPSA) is 75.5 Å². The predicted octanol–water partition coefficient (Wildman–Crippen LogP) is 8.62. The van der Waals surface area contributed by atoms with Crippen LogP contribution in [0.4, 0.5) is 0 Å². The first kappa shape index (κ1) is 29.5. The van der Waals surface area contributed by atoms with Crippen LogP contribution in [0.5, 0.6) is 11.8 Å². The molecule has 0 aliphatic heterocycles. The van der Waals surface area contributed by atoms with Crippen molar-refractivity contribution in [3.05, 3.63) is 95.0 Å². The first-order chi connectivity index (χ1) is 20.1. The summed E-state index contributed by atoms with van der Waals surface area (Å²) in [4.78, 5) is 21.8. The molecule has 0 radical (unpaired) electrons. The van der Waals surface area contributed by atoms with Crippen LogP contribution in [0.3, 0.4) is 0 Å². The standard InChI is InChI=1S/C33H34ClN3O4Si/c1-22-11-16-26(19-27(22)32(38)39-2)41-33-36-31-29(37(33)21-40-17-18-42(3,4)5)20-28(34)30(35-31)25-14-12-24(13-15-25)23-9-7-6-8-10-23/h6-16,19-20H,17-18,21H2,1-5H3. The van der Waals surface area contributed by atoms with Crippen LogP contribution in [0.2, 0.25) is 30.7 Å². The summed E-state index contributed by atoms with van der Waals surface area (Å²) in [6.07, 6.45) is 0. The van der Waals surface area contributed by atoms with E-state index in [9.17, 15) is 4.79 Å². The van der Waals surface area contributed by atoms with Gasteiger partial charge in [0.1, 0.15) is 12.5 Å². The first-order valence-electron chi connectivity index (χ1n) is 13.8. The second kappa shape index (κ2) is 12.5. The molecule has 2 aromatic heterocycles. The number of methoxy groups -OCH3 is 1.